The molecule has 2 atom stereocenters. The van der Waals surface area contributed by atoms with Crippen LogP contribution in [0.25, 0.3) is 10.9 Å². The van der Waals surface area contributed by atoms with E-state index in [9.17, 15) is 4.79 Å². The number of aromatic nitrogens is 1. The van der Waals surface area contributed by atoms with Gasteiger partial charge in [-0.25, -0.2) is 0 Å². The van der Waals surface area contributed by atoms with Gasteiger partial charge in [0.25, 0.3) is 0 Å². The fourth-order valence-electron chi connectivity index (χ4n) is 5.46. The Bertz CT molecular complexity index is 1150. The molecule has 0 bridgehead atoms. The highest BCUT2D eigenvalue weighted by Crippen LogP contribution is 2.42. The van der Waals surface area contributed by atoms with E-state index in [-0.39, 0.29) is 5.78 Å². The predicted octanol–water partition coefficient (Wildman–Crippen LogP) is 4.53. The zero-order valence-electron chi connectivity index (χ0n) is 19.1. The average molecular weight is 434 g/mol. The van der Waals surface area contributed by atoms with Crippen LogP contribution in [0.4, 0.5) is 5.69 Å². The van der Waals surface area contributed by atoms with Crippen molar-refractivity contribution >= 4 is 22.4 Å². The van der Waals surface area contributed by atoms with Crippen molar-refractivity contribution in [2.75, 3.05) is 39.2 Å². The molecule has 0 spiro atoms. The third kappa shape index (κ3) is 3.62. The number of methoxy groups -OCH3 is 2. The number of likely N-dealkylation sites (tertiary alicyclic amines) is 1. The molecule has 3 aromatic rings. The van der Waals surface area contributed by atoms with E-state index in [0.717, 1.165) is 67.0 Å². The Labute approximate surface area is 189 Å². The molecular formula is C26H31N3O3. The number of nitrogens with zero attached hydrogens (tertiary/aromatic N) is 2. The van der Waals surface area contributed by atoms with Crippen molar-refractivity contribution in [1.82, 2.24) is 9.47 Å². The van der Waals surface area contributed by atoms with Gasteiger partial charge in [-0.05, 0) is 62.7 Å². The van der Waals surface area contributed by atoms with Crippen molar-refractivity contribution in [3.8, 4) is 11.5 Å². The van der Waals surface area contributed by atoms with Crippen LogP contribution in [-0.4, -0.2) is 55.1 Å². The molecule has 2 aromatic carbocycles. The zero-order valence-corrected chi connectivity index (χ0v) is 19.1. The maximum atomic E-state index is 12.2. The second-order valence-corrected chi connectivity index (χ2v) is 8.90. The van der Waals surface area contributed by atoms with Gasteiger partial charge in [0.05, 0.1) is 19.7 Å². The van der Waals surface area contributed by atoms with Crippen molar-refractivity contribution < 1.29 is 14.3 Å². The molecule has 3 heterocycles. The van der Waals surface area contributed by atoms with Crippen LogP contribution in [0.5, 0.6) is 11.5 Å². The Kier molecular flexibility index (Phi) is 5.55. The fraction of sp³-hybridized carbons (Fsp3) is 0.423. The van der Waals surface area contributed by atoms with Crippen LogP contribution in [0.2, 0.25) is 0 Å². The van der Waals surface area contributed by atoms with Crippen molar-refractivity contribution in [3.63, 3.8) is 0 Å². The van der Waals surface area contributed by atoms with Crippen LogP contribution >= 0.6 is 0 Å². The van der Waals surface area contributed by atoms with Crippen LogP contribution in [0, 0.1) is 0 Å². The molecule has 0 saturated carbocycles. The number of nitrogens with one attached hydrogen (secondary N) is 1. The SMILES string of the molecule is COc1ccc2c(c1)C1CCN(CCCn3cc(C(C)=O)c4cccc(OC)c43)CC1N2. The van der Waals surface area contributed by atoms with E-state index < -0.39 is 0 Å². The number of fused-ring (bicyclic) bond motifs is 4. The van der Waals surface area contributed by atoms with Gasteiger partial charge >= 0.3 is 0 Å². The van der Waals surface area contributed by atoms with Gasteiger partial charge in [-0.15, -0.1) is 0 Å². The van der Waals surface area contributed by atoms with Crippen LogP contribution in [-0.2, 0) is 6.54 Å². The Hall–Kier alpha value is -2.99. The van der Waals surface area contributed by atoms with Gasteiger partial charge in [0.1, 0.15) is 11.5 Å². The van der Waals surface area contributed by atoms with Crippen LogP contribution < -0.4 is 14.8 Å². The highest BCUT2D eigenvalue weighted by molar-refractivity contribution is 6.08. The number of hydrogen-bond acceptors (Lipinski definition) is 5. The minimum absolute atomic E-state index is 0.0904. The molecule has 6 heteroatoms. The lowest BCUT2D eigenvalue weighted by Gasteiger charge is -2.35. The minimum Gasteiger partial charge on any atom is -0.497 e. The first-order valence-electron chi connectivity index (χ1n) is 11.4. The monoisotopic (exact) mass is 433 g/mol. The number of carbonyl (C=O) groups excluding carboxylic acids is 1. The molecule has 32 heavy (non-hydrogen) atoms. The second kappa shape index (κ2) is 8.51. The number of ketones is 1. The zero-order chi connectivity index (χ0) is 22.2. The molecule has 0 radical (unpaired) electrons. The first-order valence-corrected chi connectivity index (χ1v) is 11.4. The lowest BCUT2D eigenvalue weighted by Crippen LogP contribution is -2.44. The summed E-state index contributed by atoms with van der Waals surface area (Å²) in [5, 5.41) is 4.70. The van der Waals surface area contributed by atoms with E-state index in [2.05, 4.69) is 26.9 Å². The summed E-state index contributed by atoms with van der Waals surface area (Å²) in [4.78, 5) is 14.7. The minimum atomic E-state index is 0.0904. The molecule has 6 nitrogen and oxygen atoms in total. The number of rotatable bonds is 7. The maximum absolute atomic E-state index is 12.2. The van der Waals surface area contributed by atoms with Gasteiger partial charge < -0.3 is 24.3 Å². The van der Waals surface area contributed by atoms with E-state index in [1.54, 1.807) is 21.1 Å². The summed E-state index contributed by atoms with van der Waals surface area (Å²) in [6.07, 6.45) is 4.17. The van der Waals surface area contributed by atoms with E-state index in [4.69, 9.17) is 9.47 Å². The quantitative estimate of drug-likeness (QED) is 0.555. The third-order valence-corrected chi connectivity index (χ3v) is 7.03. The number of piperidine rings is 1. The summed E-state index contributed by atoms with van der Waals surface area (Å²) in [6, 6.07) is 12.8. The predicted molar refractivity (Wildman–Crippen MR) is 127 cm³/mol. The van der Waals surface area contributed by atoms with Gasteiger partial charge in [0.15, 0.2) is 5.78 Å². The summed E-state index contributed by atoms with van der Waals surface area (Å²) in [5.74, 6) is 2.41. The maximum Gasteiger partial charge on any atom is 0.161 e. The Balaban J connectivity index is 1.25. The molecule has 5 rings (SSSR count). The molecular weight excluding hydrogens is 402 g/mol. The van der Waals surface area contributed by atoms with Gasteiger partial charge in [0.2, 0.25) is 0 Å². The van der Waals surface area contributed by atoms with Gasteiger partial charge in [-0.1, -0.05) is 12.1 Å². The molecule has 2 aliphatic heterocycles. The topological polar surface area (TPSA) is 55.7 Å². The van der Waals surface area contributed by atoms with Crippen molar-refractivity contribution in [2.24, 2.45) is 0 Å². The largest absolute Gasteiger partial charge is 0.497 e. The van der Waals surface area contributed by atoms with E-state index in [0.29, 0.717) is 12.0 Å². The highest BCUT2D eigenvalue weighted by Gasteiger charge is 2.36. The lowest BCUT2D eigenvalue weighted by atomic mass is 9.88. The second-order valence-electron chi connectivity index (χ2n) is 8.90. The van der Waals surface area contributed by atoms with E-state index >= 15 is 0 Å². The highest BCUT2D eigenvalue weighted by atomic mass is 16.5. The Morgan fingerprint density at radius 3 is 2.81 bits per heavy atom. The van der Waals surface area contributed by atoms with Crippen LogP contribution in [0.1, 0.15) is 41.6 Å². The fourth-order valence-corrected chi connectivity index (χ4v) is 5.46. The van der Waals surface area contributed by atoms with Gasteiger partial charge in [0, 0.05) is 47.9 Å². The Morgan fingerprint density at radius 1 is 1.16 bits per heavy atom. The summed E-state index contributed by atoms with van der Waals surface area (Å²) in [6.45, 7) is 5.68. The molecule has 0 amide bonds. The summed E-state index contributed by atoms with van der Waals surface area (Å²) in [5.41, 5.74) is 4.44. The standard InChI is InChI=1S/C26H31N3O3/c1-17(30)22-15-29(26-20(22)6-4-7-25(26)32-3)12-5-11-28-13-10-19-21-14-18(31-2)8-9-23(21)27-24(19)16-28/h4,6-9,14-15,19,24,27H,5,10-13,16H2,1-3H3. The Morgan fingerprint density at radius 2 is 2.03 bits per heavy atom. The first kappa shape index (κ1) is 20.9. The number of benzene rings is 2. The molecule has 1 saturated heterocycles. The molecule has 1 aromatic heterocycles. The number of ether oxygens (including phenoxy) is 2. The van der Waals surface area contributed by atoms with Crippen molar-refractivity contribution in [2.45, 2.75) is 38.3 Å². The van der Waals surface area contributed by atoms with E-state index in [1.807, 2.05) is 30.5 Å². The lowest BCUT2D eigenvalue weighted by molar-refractivity contribution is 0.101. The van der Waals surface area contributed by atoms with Crippen LogP contribution in [0.3, 0.4) is 0 Å². The number of para-hydroxylation sites is 1. The number of anilines is 1. The molecule has 0 aliphatic carbocycles. The molecule has 2 unspecified atom stereocenters. The number of carbonyl (C=O) groups is 1. The number of aryl methyl sites for hydroxylation is 1. The summed E-state index contributed by atoms with van der Waals surface area (Å²) >= 11 is 0. The molecule has 1 N–H and O–H groups in total. The van der Waals surface area contributed by atoms with Crippen LogP contribution in [0.15, 0.2) is 42.6 Å². The van der Waals surface area contributed by atoms with E-state index in [1.165, 1.54) is 11.3 Å². The molecule has 2 aliphatic rings. The van der Waals surface area contributed by atoms with Gasteiger partial charge in [-0.3, -0.25) is 4.79 Å². The third-order valence-electron chi connectivity index (χ3n) is 7.03. The summed E-state index contributed by atoms with van der Waals surface area (Å²) < 4.78 is 13.2. The molecule has 168 valence electrons. The molecule has 1 fully saturated rings. The van der Waals surface area contributed by atoms with Crippen molar-refractivity contribution in [1.29, 1.82) is 0 Å². The number of hydrogen-bond donors (Lipinski definition) is 1. The normalized spacial score (nSPS) is 20.0. The van der Waals surface area contributed by atoms with Crippen molar-refractivity contribution in [3.05, 3.63) is 53.7 Å². The van der Waals surface area contributed by atoms with Gasteiger partial charge in [-0.2, -0.15) is 0 Å². The first-order chi connectivity index (χ1) is 15.6. The summed E-state index contributed by atoms with van der Waals surface area (Å²) in [7, 11) is 3.42. The average Bonchev–Trinajstić information content (AvgIpc) is 3.36. The smallest absolute Gasteiger partial charge is 0.161 e. The number of Topliss-reactive ketones (excluding diaryl/α,β-unsaturated/α-hetero) is 1.